The van der Waals surface area contributed by atoms with Crippen LogP contribution in [0.3, 0.4) is 0 Å². The van der Waals surface area contributed by atoms with Crippen molar-refractivity contribution in [1.29, 1.82) is 0 Å². The minimum Gasteiger partial charge on any atom is -0.285 e. The lowest BCUT2D eigenvalue weighted by atomic mass is 15.8. The Kier molecular flexibility index (Phi) is 23.4. The third kappa shape index (κ3) is 1470. The second-order valence-corrected chi connectivity index (χ2v) is 7.94. The van der Waals surface area contributed by atoms with Crippen LogP contribution < -0.4 is 0 Å². The highest BCUT2D eigenvalue weighted by Crippen LogP contribution is 1.62. The molecule has 0 radical (unpaired) electrons. The molecule has 2 unspecified atom stereocenters. The standard InChI is InChI=1S/3H2O3S2.2H3P/c3*1-5(2,3)4;;/h3*(H2,1,2,3,4);2*1H3. The zero-order valence-corrected chi connectivity index (χ0v) is 15.5. The molecule has 0 rings (SSSR count). The smallest absolute Gasteiger partial charge is 0.263 e. The van der Waals surface area contributed by atoms with Gasteiger partial charge in [-0.05, 0) is 0 Å². The molecule has 0 saturated heterocycles. The van der Waals surface area contributed by atoms with Crippen molar-refractivity contribution in [3.8, 4) is 0 Å². The minimum atomic E-state index is -3.83. The van der Waals surface area contributed by atoms with Crippen molar-refractivity contribution >= 4 is 80.5 Å². The molecule has 2 atom stereocenters. The highest BCUT2D eigenvalue weighted by atomic mass is 32.9. The second-order valence-electron chi connectivity index (χ2n) is 1.34. The fourth-order valence-corrected chi connectivity index (χ4v) is 0. The van der Waals surface area contributed by atoms with Crippen LogP contribution in [0.4, 0.5) is 0 Å². The SMILES string of the molecule is O=S(O)(O)=S.O=S(O)(O)=S.O=S(O)(O)=S.P.P. The van der Waals surface area contributed by atoms with Gasteiger partial charge in [0.2, 0.25) is 0 Å². The van der Waals surface area contributed by atoms with Gasteiger partial charge in [0.1, 0.15) is 0 Å². The molecule has 0 saturated carbocycles. The topological polar surface area (TPSA) is 173 Å². The first kappa shape index (κ1) is 31.2. The molecular weight excluding hydrogens is 398 g/mol. The molecule has 0 heterocycles. The zero-order valence-electron chi connectivity index (χ0n) is 7.77. The molecule has 9 nitrogen and oxygen atoms in total. The van der Waals surface area contributed by atoms with Crippen LogP contribution in [0.1, 0.15) is 0 Å². The first-order valence-electron chi connectivity index (χ1n) is 2.10. The molecule has 0 aromatic rings. The minimum absolute atomic E-state index is 0. The maximum Gasteiger partial charge on any atom is 0.263 e. The maximum atomic E-state index is 9.11. The second kappa shape index (κ2) is 12.7. The summed E-state index contributed by atoms with van der Waals surface area (Å²) in [6, 6.07) is 0. The quantitative estimate of drug-likeness (QED) is 0.274. The van der Waals surface area contributed by atoms with Gasteiger partial charge in [-0.1, -0.05) is 0 Å². The maximum absolute atomic E-state index is 9.11. The molecular formula is H12O9P2S6. The Bertz CT molecular complexity index is 344. The Morgan fingerprint density at radius 2 is 0.529 bits per heavy atom. The molecule has 0 aromatic heterocycles. The van der Waals surface area contributed by atoms with Crippen molar-refractivity contribution in [1.82, 2.24) is 0 Å². The summed E-state index contributed by atoms with van der Waals surface area (Å²) >= 11 is 10.4. The van der Waals surface area contributed by atoms with Gasteiger partial charge in [0, 0.05) is 33.6 Å². The van der Waals surface area contributed by atoms with E-state index < -0.39 is 27.2 Å². The zero-order chi connectivity index (χ0) is 13.5. The van der Waals surface area contributed by atoms with Gasteiger partial charge in [-0.15, -0.1) is 0 Å². The highest BCUT2D eigenvalue weighted by molar-refractivity contribution is 8.27. The Labute approximate surface area is 120 Å². The van der Waals surface area contributed by atoms with Crippen LogP contribution in [-0.4, -0.2) is 39.9 Å². The van der Waals surface area contributed by atoms with E-state index in [4.69, 9.17) is 39.9 Å². The Hall–Kier alpha value is 1.73. The summed E-state index contributed by atoms with van der Waals surface area (Å²) in [4.78, 5) is 0. The molecule has 17 heavy (non-hydrogen) atoms. The van der Waals surface area contributed by atoms with Crippen LogP contribution in [0, 0.1) is 0 Å². The molecule has 0 aliphatic heterocycles. The van der Waals surface area contributed by atoms with Gasteiger partial charge < -0.3 is 0 Å². The lowest BCUT2D eigenvalue weighted by molar-refractivity contribution is 0.448. The molecule has 0 spiro atoms. The van der Waals surface area contributed by atoms with Gasteiger partial charge in [-0.2, -0.15) is 32.4 Å². The normalized spacial score (nSPS) is 10.2. The number of rotatable bonds is 0. The lowest BCUT2D eigenvalue weighted by Gasteiger charge is -1.73. The van der Waals surface area contributed by atoms with Crippen molar-refractivity contribution in [2.75, 3.05) is 0 Å². The highest BCUT2D eigenvalue weighted by Gasteiger charge is 1.79. The van der Waals surface area contributed by atoms with Crippen LogP contribution in [-0.2, 0) is 60.7 Å². The van der Waals surface area contributed by atoms with Crippen LogP contribution in [0.2, 0.25) is 0 Å². The van der Waals surface area contributed by atoms with E-state index in [0.29, 0.717) is 0 Å². The van der Waals surface area contributed by atoms with Crippen molar-refractivity contribution < 1.29 is 39.9 Å². The molecule has 0 bridgehead atoms. The monoisotopic (exact) mass is 410 g/mol. The van der Waals surface area contributed by atoms with Gasteiger partial charge in [0.25, 0.3) is 27.2 Å². The summed E-state index contributed by atoms with van der Waals surface area (Å²) in [7, 11) is -11.5. The summed E-state index contributed by atoms with van der Waals surface area (Å²) < 4.78 is 71.9. The van der Waals surface area contributed by atoms with E-state index in [2.05, 4.69) is 33.6 Å². The predicted octanol–water partition coefficient (Wildman–Crippen LogP) is -0.848. The fraction of sp³-hybridized carbons (Fsp3) is 0. The van der Waals surface area contributed by atoms with Gasteiger partial charge in [-0.3, -0.25) is 27.3 Å². The van der Waals surface area contributed by atoms with Crippen molar-refractivity contribution in [3.63, 3.8) is 0 Å². The predicted molar refractivity (Wildman–Crippen MR) is 84.5 cm³/mol. The van der Waals surface area contributed by atoms with E-state index >= 15 is 0 Å². The summed E-state index contributed by atoms with van der Waals surface area (Å²) in [5, 5.41) is 0. The van der Waals surface area contributed by atoms with Crippen LogP contribution in [0.25, 0.3) is 0 Å². The van der Waals surface area contributed by atoms with Crippen molar-refractivity contribution in [2.45, 2.75) is 0 Å². The van der Waals surface area contributed by atoms with E-state index in [9.17, 15) is 0 Å². The van der Waals surface area contributed by atoms with Gasteiger partial charge in [0.15, 0.2) is 0 Å². The van der Waals surface area contributed by atoms with Gasteiger partial charge in [0.05, 0.1) is 0 Å². The van der Waals surface area contributed by atoms with E-state index in [1.54, 1.807) is 0 Å². The largest absolute Gasteiger partial charge is 0.285 e. The summed E-state index contributed by atoms with van der Waals surface area (Å²) in [6.45, 7) is 0. The van der Waals surface area contributed by atoms with Crippen molar-refractivity contribution in [3.05, 3.63) is 0 Å². The summed E-state index contributed by atoms with van der Waals surface area (Å²) in [5.41, 5.74) is 0. The van der Waals surface area contributed by atoms with Gasteiger partial charge >= 0.3 is 0 Å². The molecule has 0 aliphatic rings. The van der Waals surface area contributed by atoms with Gasteiger partial charge in [-0.25, -0.2) is 0 Å². The third-order valence-corrected chi connectivity index (χ3v) is 0. The molecule has 0 fully saturated rings. The molecule has 0 amide bonds. The summed E-state index contributed by atoms with van der Waals surface area (Å²) in [6.07, 6.45) is 0. The van der Waals surface area contributed by atoms with E-state index in [0.717, 1.165) is 0 Å². The first-order chi connectivity index (χ1) is 6.00. The Morgan fingerprint density at radius 1 is 0.529 bits per heavy atom. The average molecular weight is 410 g/mol. The van der Waals surface area contributed by atoms with Crippen molar-refractivity contribution in [2.24, 2.45) is 0 Å². The Morgan fingerprint density at radius 3 is 0.529 bits per heavy atom. The molecule has 17 heteroatoms. The Balaban J connectivity index is -0.0000000400. The summed E-state index contributed by atoms with van der Waals surface area (Å²) in [5.74, 6) is 0. The van der Waals surface area contributed by atoms with E-state index in [-0.39, 0.29) is 19.8 Å². The van der Waals surface area contributed by atoms with E-state index in [1.807, 2.05) is 0 Å². The van der Waals surface area contributed by atoms with Crippen LogP contribution in [0.5, 0.6) is 0 Å². The van der Waals surface area contributed by atoms with Crippen LogP contribution >= 0.6 is 19.8 Å². The number of hydrogen-bond donors (Lipinski definition) is 6. The third-order valence-electron chi connectivity index (χ3n) is 0. The average Bonchev–Trinajstić information content (AvgIpc) is 1.41. The fourth-order valence-electron chi connectivity index (χ4n) is 0. The molecule has 112 valence electrons. The molecule has 6 N–H and O–H groups in total. The number of hydrogen-bond acceptors (Lipinski definition) is 6. The van der Waals surface area contributed by atoms with Crippen LogP contribution in [0.15, 0.2) is 0 Å². The lowest BCUT2D eigenvalue weighted by Crippen LogP contribution is -1.86. The van der Waals surface area contributed by atoms with E-state index in [1.165, 1.54) is 0 Å². The first-order valence-corrected chi connectivity index (χ1v) is 9.29. The molecule has 0 aliphatic carbocycles. The molecule has 0 aromatic carbocycles.